The quantitative estimate of drug-likeness (QED) is 0.521. The number of para-hydroxylation sites is 1. The Morgan fingerprint density at radius 3 is 2.73 bits per heavy atom. The predicted molar refractivity (Wildman–Crippen MR) is 95.9 cm³/mol. The second-order valence-electron chi connectivity index (χ2n) is 6.94. The molecule has 2 aliphatic rings. The lowest BCUT2D eigenvalue weighted by Gasteiger charge is -2.32. The van der Waals surface area contributed by atoms with Crippen LogP contribution in [0.1, 0.15) is 28.8 Å². The first kappa shape index (κ1) is 18.7. The monoisotopic (exact) mass is 361 g/mol. The number of amides is 1. The van der Waals surface area contributed by atoms with Crippen LogP contribution in [0.4, 0.5) is 0 Å². The molecule has 1 unspecified atom stereocenters. The van der Waals surface area contributed by atoms with E-state index in [0.717, 1.165) is 25.9 Å². The third kappa shape index (κ3) is 4.17. The minimum atomic E-state index is -1.28. The lowest BCUT2D eigenvalue weighted by atomic mass is 9.72. The van der Waals surface area contributed by atoms with E-state index in [2.05, 4.69) is 10.2 Å². The molecule has 0 spiro atoms. The lowest BCUT2D eigenvalue weighted by molar-refractivity contribution is -0.123. The maximum Gasteiger partial charge on any atom is 0.547 e. The smallest absolute Gasteiger partial charge is 0.534 e. The number of aromatic carboxylic acids is 1. The number of hydrogen-bond acceptors (Lipinski definition) is 6. The molecular weight excluding hydrogens is 337 g/mol. The number of rotatable bonds is 5. The zero-order valence-corrected chi connectivity index (χ0v) is 14.6. The zero-order chi connectivity index (χ0) is 18.7. The molecule has 1 amide bonds. The van der Waals surface area contributed by atoms with Crippen molar-refractivity contribution in [3.8, 4) is 5.75 Å². The number of fused-ring (bicyclic) bond motifs is 1. The number of carbonyl (C=O) groups excluding carboxylic acids is 1. The Morgan fingerprint density at radius 1 is 1.35 bits per heavy atom. The van der Waals surface area contributed by atoms with Crippen molar-refractivity contribution >= 4 is 19.0 Å². The number of carboxylic acids is 1. The molecule has 1 fully saturated rings. The number of carboxylic acid groups (broad SMARTS) is 1. The molecule has 1 atom stereocenters. The summed E-state index contributed by atoms with van der Waals surface area (Å²) in [5, 5.41) is 22.2. The Bertz CT molecular complexity index is 678. The predicted octanol–water partition coefficient (Wildman–Crippen LogP) is -0.505. The summed E-state index contributed by atoms with van der Waals surface area (Å²) in [5.74, 6) is -1.20. The molecule has 140 valence electrons. The molecule has 0 radical (unpaired) electrons. The summed E-state index contributed by atoms with van der Waals surface area (Å²) >= 11 is 0. The van der Waals surface area contributed by atoms with Crippen molar-refractivity contribution in [3.63, 3.8) is 0 Å². The molecule has 2 heterocycles. The number of nitrogens with one attached hydrogen (secondary N) is 1. The summed E-state index contributed by atoms with van der Waals surface area (Å²) in [7, 11) is -1.28. The Hall–Kier alpha value is -2.10. The van der Waals surface area contributed by atoms with Gasteiger partial charge in [-0.2, -0.15) is 0 Å². The Morgan fingerprint density at radius 2 is 2.08 bits per heavy atom. The first-order valence-electron chi connectivity index (χ1n) is 8.89. The van der Waals surface area contributed by atoms with Crippen molar-refractivity contribution in [1.82, 2.24) is 10.2 Å². The van der Waals surface area contributed by atoms with E-state index < -0.39 is 19.0 Å². The third-order valence-electron chi connectivity index (χ3n) is 5.10. The molecule has 0 saturated carbocycles. The van der Waals surface area contributed by atoms with Gasteiger partial charge in [-0.3, -0.25) is 9.69 Å². The lowest BCUT2D eigenvalue weighted by Crippen LogP contribution is -2.55. The SMILES string of the molecule is NCC1CCN(CC(=O)NC2Cc3cccc(C(=O)O)c3OB2O)CC1. The highest BCUT2D eigenvalue weighted by Crippen LogP contribution is 2.30. The highest BCUT2D eigenvalue weighted by molar-refractivity contribution is 6.47. The Balaban J connectivity index is 1.58. The minimum absolute atomic E-state index is 0.00843. The van der Waals surface area contributed by atoms with Gasteiger partial charge in [-0.1, -0.05) is 12.1 Å². The van der Waals surface area contributed by atoms with Gasteiger partial charge in [0.25, 0.3) is 0 Å². The van der Waals surface area contributed by atoms with Crippen molar-refractivity contribution in [1.29, 1.82) is 0 Å². The summed E-state index contributed by atoms with van der Waals surface area (Å²) in [6, 6.07) is 4.80. The maximum absolute atomic E-state index is 12.3. The molecule has 26 heavy (non-hydrogen) atoms. The van der Waals surface area contributed by atoms with Gasteiger partial charge in [-0.25, -0.2) is 4.79 Å². The molecule has 5 N–H and O–H groups in total. The van der Waals surface area contributed by atoms with E-state index >= 15 is 0 Å². The van der Waals surface area contributed by atoms with Gasteiger partial charge in [0.15, 0.2) is 0 Å². The molecule has 0 bridgehead atoms. The van der Waals surface area contributed by atoms with Crippen LogP contribution in [0.5, 0.6) is 5.75 Å². The largest absolute Gasteiger partial charge is 0.547 e. The second-order valence-corrected chi connectivity index (χ2v) is 6.94. The fraction of sp³-hybridized carbons (Fsp3) is 0.529. The summed E-state index contributed by atoms with van der Waals surface area (Å²) in [5.41, 5.74) is 6.35. The van der Waals surface area contributed by atoms with Gasteiger partial charge in [0.2, 0.25) is 5.91 Å². The van der Waals surface area contributed by atoms with Crippen molar-refractivity contribution in [3.05, 3.63) is 29.3 Å². The average molecular weight is 361 g/mol. The van der Waals surface area contributed by atoms with Crippen LogP contribution in [0.15, 0.2) is 18.2 Å². The number of piperidine rings is 1. The number of likely N-dealkylation sites (tertiary alicyclic amines) is 1. The van der Waals surface area contributed by atoms with Crippen molar-refractivity contribution in [2.45, 2.75) is 25.2 Å². The van der Waals surface area contributed by atoms with E-state index in [1.165, 1.54) is 6.07 Å². The van der Waals surface area contributed by atoms with Crippen LogP contribution >= 0.6 is 0 Å². The van der Waals surface area contributed by atoms with Crippen LogP contribution in [0, 0.1) is 5.92 Å². The molecule has 9 heteroatoms. The van der Waals surface area contributed by atoms with E-state index in [4.69, 9.17) is 10.4 Å². The molecule has 8 nitrogen and oxygen atoms in total. The van der Waals surface area contributed by atoms with Crippen LogP contribution in [-0.2, 0) is 11.2 Å². The number of nitrogens with zero attached hydrogens (tertiary/aromatic N) is 1. The first-order valence-corrected chi connectivity index (χ1v) is 8.89. The highest BCUT2D eigenvalue weighted by Gasteiger charge is 2.37. The number of hydrogen-bond donors (Lipinski definition) is 4. The Labute approximate surface area is 152 Å². The number of carbonyl (C=O) groups is 2. The molecule has 3 rings (SSSR count). The molecule has 0 aliphatic carbocycles. The van der Waals surface area contributed by atoms with E-state index in [1.54, 1.807) is 12.1 Å². The van der Waals surface area contributed by atoms with Gasteiger partial charge < -0.3 is 25.8 Å². The van der Waals surface area contributed by atoms with Crippen LogP contribution in [0.2, 0.25) is 0 Å². The fourth-order valence-electron chi connectivity index (χ4n) is 3.55. The molecular formula is C17H24BN3O5. The van der Waals surface area contributed by atoms with Crippen molar-refractivity contribution < 1.29 is 24.4 Å². The minimum Gasteiger partial charge on any atom is -0.534 e. The van der Waals surface area contributed by atoms with Crippen LogP contribution < -0.4 is 15.7 Å². The van der Waals surface area contributed by atoms with Crippen LogP contribution in [-0.4, -0.2) is 66.1 Å². The topological polar surface area (TPSA) is 125 Å². The molecule has 1 aromatic carbocycles. The van der Waals surface area contributed by atoms with E-state index in [0.29, 0.717) is 24.4 Å². The van der Waals surface area contributed by atoms with Gasteiger partial charge in [0, 0.05) is 0 Å². The van der Waals surface area contributed by atoms with Gasteiger partial charge in [0.05, 0.1) is 18.0 Å². The third-order valence-corrected chi connectivity index (χ3v) is 5.10. The maximum atomic E-state index is 12.3. The molecule has 2 aliphatic heterocycles. The number of nitrogens with two attached hydrogens (primary N) is 1. The van der Waals surface area contributed by atoms with E-state index in [9.17, 15) is 19.7 Å². The molecule has 1 saturated heterocycles. The van der Waals surface area contributed by atoms with E-state index in [-0.39, 0.29) is 23.8 Å². The van der Waals surface area contributed by atoms with Gasteiger partial charge in [-0.15, -0.1) is 0 Å². The fourth-order valence-corrected chi connectivity index (χ4v) is 3.55. The molecule has 0 aromatic heterocycles. The van der Waals surface area contributed by atoms with E-state index in [1.807, 2.05) is 0 Å². The standard InChI is InChI=1S/C17H24BN3O5/c19-9-11-4-6-21(7-5-11)10-15(22)20-14-8-12-2-1-3-13(17(23)24)16(12)26-18(14)25/h1-3,11,14,25H,4-10,19H2,(H,20,22)(H,23,24). The summed E-state index contributed by atoms with van der Waals surface area (Å²) in [6.45, 7) is 2.62. The average Bonchev–Trinajstić information content (AvgIpc) is 2.62. The van der Waals surface area contributed by atoms with Gasteiger partial charge in [0.1, 0.15) is 5.75 Å². The van der Waals surface area contributed by atoms with Crippen molar-refractivity contribution in [2.24, 2.45) is 11.7 Å². The van der Waals surface area contributed by atoms with Gasteiger partial charge in [-0.05, 0) is 56.4 Å². The normalized spacial score (nSPS) is 21.0. The van der Waals surface area contributed by atoms with Crippen LogP contribution in [0.3, 0.4) is 0 Å². The van der Waals surface area contributed by atoms with Gasteiger partial charge >= 0.3 is 13.1 Å². The zero-order valence-electron chi connectivity index (χ0n) is 14.6. The van der Waals surface area contributed by atoms with Crippen LogP contribution in [0.25, 0.3) is 0 Å². The highest BCUT2D eigenvalue weighted by atomic mass is 16.5. The second kappa shape index (κ2) is 8.07. The van der Waals surface area contributed by atoms with Crippen molar-refractivity contribution in [2.75, 3.05) is 26.2 Å². The Kier molecular flexibility index (Phi) is 5.80. The number of benzene rings is 1. The first-order chi connectivity index (χ1) is 12.5. The summed E-state index contributed by atoms with van der Waals surface area (Å²) in [6.07, 6.45) is 2.30. The molecule has 1 aromatic rings. The summed E-state index contributed by atoms with van der Waals surface area (Å²) < 4.78 is 5.39. The summed E-state index contributed by atoms with van der Waals surface area (Å²) in [4.78, 5) is 25.7.